The van der Waals surface area contributed by atoms with Crippen molar-refractivity contribution in [2.75, 3.05) is 13.1 Å². The molecular formula is C14H21N3O. The average molecular weight is 247 g/mol. The number of hydrogen-bond acceptors (Lipinski definition) is 2. The third-order valence-electron chi connectivity index (χ3n) is 3.49. The van der Waals surface area contributed by atoms with E-state index in [2.05, 4.69) is 34.5 Å². The smallest absolute Gasteiger partial charge is 0.312 e. The number of rotatable bonds is 4. The number of urea groups is 1. The Balaban J connectivity index is 1.93. The molecule has 1 saturated heterocycles. The van der Waals surface area contributed by atoms with Gasteiger partial charge in [0.25, 0.3) is 0 Å². The summed E-state index contributed by atoms with van der Waals surface area (Å²) in [7, 11) is 0. The fourth-order valence-electron chi connectivity index (χ4n) is 2.54. The molecule has 0 unspecified atom stereocenters. The summed E-state index contributed by atoms with van der Waals surface area (Å²) >= 11 is 0. The van der Waals surface area contributed by atoms with Crippen LogP contribution in [-0.2, 0) is 6.54 Å². The zero-order valence-electron chi connectivity index (χ0n) is 10.6. The van der Waals surface area contributed by atoms with Crippen molar-refractivity contribution in [1.29, 1.82) is 0 Å². The maximum absolute atomic E-state index is 10.8. The van der Waals surface area contributed by atoms with Gasteiger partial charge in [0, 0.05) is 19.1 Å². The number of piperidine rings is 1. The summed E-state index contributed by atoms with van der Waals surface area (Å²) in [6.07, 6.45) is 3.60. The lowest BCUT2D eigenvalue weighted by Crippen LogP contribution is -2.47. The first kappa shape index (κ1) is 12.9. The number of hydrogen-bond donors (Lipinski definition) is 2. The van der Waals surface area contributed by atoms with Crippen molar-refractivity contribution in [2.24, 2.45) is 5.73 Å². The topological polar surface area (TPSA) is 58.4 Å². The third-order valence-corrected chi connectivity index (χ3v) is 3.49. The standard InChI is InChI=1S/C14H21N3O/c15-14(18)16-10-13-8-4-5-9-17(13)11-12-6-2-1-3-7-12/h1-3,6-7,13H,4-5,8-11H2,(H3,15,16,18)/t13-/m0/s1. The molecule has 18 heavy (non-hydrogen) atoms. The second kappa shape index (κ2) is 6.40. The molecule has 2 amide bonds. The largest absolute Gasteiger partial charge is 0.352 e. The monoisotopic (exact) mass is 247 g/mol. The number of likely N-dealkylation sites (tertiary alicyclic amines) is 1. The predicted molar refractivity (Wildman–Crippen MR) is 72.1 cm³/mol. The Morgan fingerprint density at radius 2 is 2.11 bits per heavy atom. The van der Waals surface area contributed by atoms with E-state index in [-0.39, 0.29) is 0 Å². The summed E-state index contributed by atoms with van der Waals surface area (Å²) in [6, 6.07) is 10.4. The maximum Gasteiger partial charge on any atom is 0.312 e. The molecular weight excluding hydrogens is 226 g/mol. The Hall–Kier alpha value is -1.55. The first-order valence-corrected chi connectivity index (χ1v) is 6.57. The van der Waals surface area contributed by atoms with E-state index in [0.717, 1.165) is 19.5 Å². The molecule has 0 aromatic heterocycles. The van der Waals surface area contributed by atoms with E-state index in [1.54, 1.807) is 0 Å². The second-order valence-corrected chi connectivity index (χ2v) is 4.85. The van der Waals surface area contributed by atoms with Gasteiger partial charge in [-0.15, -0.1) is 0 Å². The van der Waals surface area contributed by atoms with E-state index in [1.807, 2.05) is 6.07 Å². The summed E-state index contributed by atoms with van der Waals surface area (Å²) < 4.78 is 0. The number of nitrogens with two attached hydrogens (primary N) is 1. The van der Waals surface area contributed by atoms with Crippen LogP contribution >= 0.6 is 0 Å². The van der Waals surface area contributed by atoms with Crippen LogP contribution in [0.25, 0.3) is 0 Å². The van der Waals surface area contributed by atoms with Crippen molar-refractivity contribution in [3.05, 3.63) is 35.9 Å². The van der Waals surface area contributed by atoms with Crippen molar-refractivity contribution >= 4 is 6.03 Å². The molecule has 1 aromatic carbocycles. The van der Waals surface area contributed by atoms with Gasteiger partial charge in [0.1, 0.15) is 0 Å². The van der Waals surface area contributed by atoms with Crippen LogP contribution in [0, 0.1) is 0 Å². The Bertz CT molecular complexity index is 380. The molecule has 98 valence electrons. The second-order valence-electron chi connectivity index (χ2n) is 4.85. The molecule has 1 heterocycles. The molecule has 0 saturated carbocycles. The van der Waals surface area contributed by atoms with Gasteiger partial charge >= 0.3 is 6.03 Å². The average Bonchev–Trinajstić information content (AvgIpc) is 2.39. The predicted octanol–water partition coefficient (Wildman–Crippen LogP) is 1.71. The highest BCUT2D eigenvalue weighted by atomic mass is 16.2. The summed E-state index contributed by atoms with van der Waals surface area (Å²) in [5, 5.41) is 2.73. The van der Waals surface area contributed by atoms with Crippen molar-refractivity contribution in [1.82, 2.24) is 10.2 Å². The van der Waals surface area contributed by atoms with E-state index in [0.29, 0.717) is 12.6 Å². The van der Waals surface area contributed by atoms with Crippen LogP contribution in [0.1, 0.15) is 24.8 Å². The van der Waals surface area contributed by atoms with Gasteiger partial charge in [-0.2, -0.15) is 0 Å². The summed E-state index contributed by atoms with van der Waals surface area (Å²) in [5.74, 6) is 0. The SMILES string of the molecule is NC(=O)NC[C@@H]1CCCCN1Cc1ccccc1. The highest BCUT2D eigenvalue weighted by Gasteiger charge is 2.22. The van der Waals surface area contributed by atoms with E-state index in [1.165, 1.54) is 18.4 Å². The number of nitrogens with one attached hydrogen (secondary N) is 1. The summed E-state index contributed by atoms with van der Waals surface area (Å²) in [4.78, 5) is 13.2. The molecule has 1 aliphatic heterocycles. The van der Waals surface area contributed by atoms with E-state index < -0.39 is 6.03 Å². The van der Waals surface area contributed by atoms with Gasteiger partial charge in [-0.3, -0.25) is 4.90 Å². The van der Waals surface area contributed by atoms with Crippen LogP contribution in [0.15, 0.2) is 30.3 Å². The van der Waals surface area contributed by atoms with Crippen LogP contribution in [0.3, 0.4) is 0 Å². The van der Waals surface area contributed by atoms with Crippen molar-refractivity contribution in [3.63, 3.8) is 0 Å². The third kappa shape index (κ3) is 3.74. The zero-order valence-corrected chi connectivity index (χ0v) is 10.6. The van der Waals surface area contributed by atoms with E-state index >= 15 is 0 Å². The van der Waals surface area contributed by atoms with Gasteiger partial charge in [0.2, 0.25) is 0 Å². The lowest BCUT2D eigenvalue weighted by atomic mass is 10.0. The molecule has 4 nitrogen and oxygen atoms in total. The van der Waals surface area contributed by atoms with Crippen LogP contribution < -0.4 is 11.1 Å². The quantitative estimate of drug-likeness (QED) is 0.851. The summed E-state index contributed by atoms with van der Waals surface area (Å²) in [5.41, 5.74) is 6.46. The van der Waals surface area contributed by atoms with Gasteiger partial charge < -0.3 is 11.1 Å². The fourth-order valence-corrected chi connectivity index (χ4v) is 2.54. The molecule has 0 aliphatic carbocycles. The van der Waals surface area contributed by atoms with Crippen LogP contribution in [0.2, 0.25) is 0 Å². The van der Waals surface area contributed by atoms with Gasteiger partial charge in [0.05, 0.1) is 0 Å². The van der Waals surface area contributed by atoms with Gasteiger partial charge in [0.15, 0.2) is 0 Å². The molecule has 2 rings (SSSR count). The Morgan fingerprint density at radius 3 is 2.83 bits per heavy atom. The Kier molecular flexibility index (Phi) is 4.59. The zero-order chi connectivity index (χ0) is 12.8. The molecule has 1 aromatic rings. The molecule has 1 fully saturated rings. The first-order chi connectivity index (χ1) is 8.75. The molecule has 0 radical (unpaired) electrons. The van der Waals surface area contributed by atoms with Crippen molar-refractivity contribution < 1.29 is 4.79 Å². The number of amides is 2. The minimum Gasteiger partial charge on any atom is -0.352 e. The first-order valence-electron chi connectivity index (χ1n) is 6.57. The number of carbonyl (C=O) groups is 1. The summed E-state index contributed by atoms with van der Waals surface area (Å²) in [6.45, 7) is 2.70. The fraction of sp³-hybridized carbons (Fsp3) is 0.500. The van der Waals surface area contributed by atoms with Gasteiger partial charge in [-0.05, 0) is 24.9 Å². The minimum atomic E-state index is -0.430. The Labute approximate surface area is 108 Å². The van der Waals surface area contributed by atoms with Crippen molar-refractivity contribution in [3.8, 4) is 0 Å². The van der Waals surface area contributed by atoms with Crippen LogP contribution in [0.5, 0.6) is 0 Å². The van der Waals surface area contributed by atoms with Crippen molar-refractivity contribution in [2.45, 2.75) is 31.8 Å². The Morgan fingerprint density at radius 1 is 1.33 bits per heavy atom. The van der Waals surface area contributed by atoms with E-state index in [4.69, 9.17) is 5.73 Å². The maximum atomic E-state index is 10.8. The molecule has 1 aliphatic rings. The molecule has 1 atom stereocenters. The lowest BCUT2D eigenvalue weighted by molar-refractivity contribution is 0.139. The van der Waals surface area contributed by atoms with Crippen LogP contribution in [0.4, 0.5) is 4.79 Å². The van der Waals surface area contributed by atoms with E-state index in [9.17, 15) is 4.79 Å². The normalized spacial score (nSPS) is 20.6. The molecule has 0 spiro atoms. The number of nitrogens with zero attached hydrogens (tertiary/aromatic N) is 1. The van der Waals surface area contributed by atoms with Gasteiger partial charge in [-0.1, -0.05) is 36.8 Å². The minimum absolute atomic E-state index is 0.409. The number of benzene rings is 1. The highest BCUT2D eigenvalue weighted by molar-refractivity contribution is 5.71. The highest BCUT2D eigenvalue weighted by Crippen LogP contribution is 2.19. The number of primary amides is 1. The molecule has 0 bridgehead atoms. The number of carbonyl (C=O) groups excluding carboxylic acids is 1. The lowest BCUT2D eigenvalue weighted by Gasteiger charge is -2.35. The van der Waals surface area contributed by atoms with Gasteiger partial charge in [-0.25, -0.2) is 4.79 Å². The van der Waals surface area contributed by atoms with Crippen LogP contribution in [-0.4, -0.2) is 30.1 Å². The molecule has 3 N–H and O–H groups in total. The molecule has 4 heteroatoms.